The fraction of sp³-hybridized carbons (Fsp3) is 0.550. The number of nitrogens with zero attached hydrogens (tertiary/aromatic N) is 1. The normalized spacial score (nSPS) is 26.8. The summed E-state index contributed by atoms with van der Waals surface area (Å²) in [7, 11) is 0. The summed E-state index contributed by atoms with van der Waals surface area (Å²) >= 11 is 0. The average molecular weight is 428 g/mol. The fourth-order valence-corrected chi connectivity index (χ4v) is 4.28. The van der Waals surface area contributed by atoms with Crippen LogP contribution in [-0.4, -0.2) is 46.7 Å². The molecule has 0 unspecified atom stereocenters. The maximum absolute atomic E-state index is 12.9. The third kappa shape index (κ3) is 4.14. The zero-order valence-electron chi connectivity index (χ0n) is 16.4. The monoisotopic (exact) mass is 428 g/mol. The Kier molecular flexibility index (Phi) is 6.07. The molecule has 4 atom stereocenters. The van der Waals surface area contributed by atoms with Gasteiger partial charge in [-0.1, -0.05) is 30.3 Å². The van der Waals surface area contributed by atoms with Crippen molar-refractivity contribution in [3.63, 3.8) is 0 Å². The molecule has 1 aliphatic heterocycles. The Morgan fingerprint density at radius 2 is 1.93 bits per heavy atom. The van der Waals surface area contributed by atoms with Crippen LogP contribution in [0.1, 0.15) is 38.2 Å². The molecule has 0 radical (unpaired) electrons. The zero-order chi connectivity index (χ0) is 22.1. The number of carbonyl (C=O) groups is 3. The lowest BCUT2D eigenvalue weighted by atomic mass is 9.98. The molecule has 2 fully saturated rings. The Morgan fingerprint density at radius 1 is 1.27 bits per heavy atom. The predicted molar refractivity (Wildman–Crippen MR) is 97.4 cm³/mol. The van der Waals surface area contributed by atoms with Crippen LogP contribution in [0.2, 0.25) is 0 Å². The van der Waals surface area contributed by atoms with E-state index in [0.717, 1.165) is 4.90 Å². The third-order valence-electron chi connectivity index (χ3n) is 5.58. The van der Waals surface area contributed by atoms with E-state index in [1.165, 1.54) is 6.92 Å². The zero-order valence-corrected chi connectivity index (χ0v) is 16.4. The summed E-state index contributed by atoms with van der Waals surface area (Å²) in [5.74, 6) is -4.54. The molecule has 1 saturated heterocycles. The van der Waals surface area contributed by atoms with Gasteiger partial charge in [-0.25, -0.2) is 9.59 Å². The van der Waals surface area contributed by atoms with Crippen LogP contribution in [0.15, 0.2) is 30.3 Å². The van der Waals surface area contributed by atoms with E-state index >= 15 is 0 Å². The molecule has 1 aliphatic carbocycles. The average Bonchev–Trinajstić information content (AvgIpc) is 3.21. The van der Waals surface area contributed by atoms with Gasteiger partial charge in [-0.3, -0.25) is 9.69 Å². The van der Waals surface area contributed by atoms with E-state index < -0.39 is 47.7 Å². The molecule has 10 heteroatoms. The highest BCUT2D eigenvalue weighted by Crippen LogP contribution is 2.51. The summed E-state index contributed by atoms with van der Waals surface area (Å²) in [6, 6.07) is 6.53. The Morgan fingerprint density at radius 3 is 2.53 bits per heavy atom. The number of halogens is 3. The molecule has 1 saturated carbocycles. The third-order valence-corrected chi connectivity index (χ3v) is 5.58. The number of esters is 2. The number of hydrogen-bond acceptors (Lipinski definition) is 6. The highest BCUT2D eigenvalue weighted by molar-refractivity contribution is 5.89. The molecular weight excluding hydrogens is 405 g/mol. The summed E-state index contributed by atoms with van der Waals surface area (Å²) in [6.45, 7) is 1.30. The molecule has 1 heterocycles. The van der Waals surface area contributed by atoms with Crippen molar-refractivity contribution in [2.24, 2.45) is 11.7 Å². The van der Waals surface area contributed by atoms with Crippen LogP contribution in [0.25, 0.3) is 0 Å². The van der Waals surface area contributed by atoms with Crippen molar-refractivity contribution in [3.05, 3.63) is 35.9 Å². The number of likely N-dealkylation sites (tertiary alicyclic amines) is 1. The van der Waals surface area contributed by atoms with Crippen molar-refractivity contribution in [2.45, 2.75) is 63.2 Å². The molecule has 30 heavy (non-hydrogen) atoms. The van der Waals surface area contributed by atoms with Gasteiger partial charge >= 0.3 is 18.1 Å². The first-order valence-corrected chi connectivity index (χ1v) is 9.66. The minimum atomic E-state index is -5.23. The number of benzene rings is 1. The number of nitrogens with two attached hydrogens (primary N) is 1. The Labute approximate surface area is 171 Å². The first kappa shape index (κ1) is 22.1. The molecule has 7 nitrogen and oxygen atoms in total. The van der Waals surface area contributed by atoms with Crippen molar-refractivity contribution in [3.8, 4) is 0 Å². The molecule has 0 spiro atoms. The van der Waals surface area contributed by atoms with Crippen LogP contribution < -0.4 is 5.73 Å². The van der Waals surface area contributed by atoms with Gasteiger partial charge in [-0.2, -0.15) is 13.2 Å². The number of alkyl halides is 3. The summed E-state index contributed by atoms with van der Waals surface area (Å²) in [5, 5.41) is 0. The van der Waals surface area contributed by atoms with Crippen LogP contribution in [0.4, 0.5) is 13.2 Å². The topological polar surface area (TPSA) is 98.9 Å². The van der Waals surface area contributed by atoms with Gasteiger partial charge < -0.3 is 15.2 Å². The largest absolute Gasteiger partial charge is 0.491 e. The van der Waals surface area contributed by atoms with Crippen molar-refractivity contribution < 1.29 is 37.0 Å². The lowest BCUT2D eigenvalue weighted by Gasteiger charge is -2.40. The molecule has 2 N–H and O–H groups in total. The van der Waals surface area contributed by atoms with E-state index in [4.69, 9.17) is 15.2 Å². The maximum Gasteiger partial charge on any atom is 0.491 e. The fourth-order valence-electron chi connectivity index (χ4n) is 4.28. The van der Waals surface area contributed by atoms with Crippen LogP contribution in [0.3, 0.4) is 0 Å². The molecule has 0 bridgehead atoms. The van der Waals surface area contributed by atoms with Crippen molar-refractivity contribution in [1.29, 1.82) is 0 Å². The van der Waals surface area contributed by atoms with Gasteiger partial charge in [0, 0.05) is 12.3 Å². The number of hydrogen-bond donors (Lipinski definition) is 1. The number of rotatable bonds is 5. The molecule has 1 amide bonds. The quantitative estimate of drug-likeness (QED) is 0.723. The minimum absolute atomic E-state index is 0.000409. The number of ether oxygens (including phenoxy) is 2. The second-order valence-electron chi connectivity index (χ2n) is 7.66. The molecule has 0 aromatic heterocycles. The summed E-state index contributed by atoms with van der Waals surface area (Å²) in [6.07, 6.45) is -4.32. The number of fused-ring (bicyclic) bond motifs is 1. The highest BCUT2D eigenvalue weighted by Gasteiger charge is 2.64. The van der Waals surface area contributed by atoms with E-state index in [9.17, 15) is 27.6 Å². The summed E-state index contributed by atoms with van der Waals surface area (Å²) in [4.78, 5) is 38.2. The first-order valence-electron chi connectivity index (χ1n) is 9.66. The van der Waals surface area contributed by atoms with E-state index in [0.29, 0.717) is 18.4 Å². The highest BCUT2D eigenvalue weighted by atomic mass is 19.4. The van der Waals surface area contributed by atoms with Gasteiger partial charge in [0.1, 0.15) is 12.6 Å². The first-order chi connectivity index (χ1) is 14.1. The van der Waals surface area contributed by atoms with Gasteiger partial charge in [0.15, 0.2) is 5.72 Å². The van der Waals surface area contributed by atoms with Gasteiger partial charge in [-0.05, 0) is 31.7 Å². The molecule has 1 aromatic carbocycles. The van der Waals surface area contributed by atoms with E-state index in [2.05, 4.69) is 0 Å². The van der Waals surface area contributed by atoms with Gasteiger partial charge in [0.25, 0.3) is 0 Å². The van der Waals surface area contributed by atoms with E-state index in [-0.39, 0.29) is 19.4 Å². The van der Waals surface area contributed by atoms with Crippen LogP contribution in [0.5, 0.6) is 0 Å². The maximum atomic E-state index is 12.9. The standard InChI is InChI=1S/C20H23F3N2O5/c1-12(24)16(26)25-15(17(27)29-11-13-6-3-2-4-7-13)10-14-8-5-9-19(14,25)30-18(28)20(21,22)23/h2-4,6-7,12,14-15H,5,8-11,24H2,1H3/t12-,14-,15-,19-/m0/s1. The van der Waals surface area contributed by atoms with Crippen LogP contribution >= 0.6 is 0 Å². The number of amides is 1. The van der Waals surface area contributed by atoms with Gasteiger partial charge in [0.2, 0.25) is 5.91 Å². The minimum Gasteiger partial charge on any atom is -0.459 e. The molecule has 2 aliphatic rings. The van der Waals surface area contributed by atoms with Crippen molar-refractivity contribution >= 4 is 17.8 Å². The molecule has 3 rings (SSSR count). The molecular formula is C20H23F3N2O5. The van der Waals surface area contributed by atoms with E-state index in [1.54, 1.807) is 30.3 Å². The lowest BCUT2D eigenvalue weighted by Crippen LogP contribution is -2.60. The summed E-state index contributed by atoms with van der Waals surface area (Å²) in [5.41, 5.74) is 4.56. The smallest absolute Gasteiger partial charge is 0.459 e. The van der Waals surface area contributed by atoms with Crippen LogP contribution in [0, 0.1) is 5.92 Å². The molecule has 1 aromatic rings. The Bertz CT molecular complexity index is 814. The van der Waals surface area contributed by atoms with Gasteiger partial charge in [-0.15, -0.1) is 0 Å². The summed E-state index contributed by atoms with van der Waals surface area (Å²) < 4.78 is 48.9. The number of carbonyl (C=O) groups excluding carboxylic acids is 3. The van der Waals surface area contributed by atoms with Crippen molar-refractivity contribution in [1.82, 2.24) is 4.90 Å². The Balaban J connectivity index is 1.87. The lowest BCUT2D eigenvalue weighted by molar-refractivity contribution is -0.232. The van der Waals surface area contributed by atoms with E-state index in [1.807, 2.05) is 0 Å². The SMILES string of the molecule is C[C@H](N)C(=O)N1[C@H](C(=O)OCc2ccccc2)C[C@@H]2CCC[C@]21OC(=O)C(F)(F)F. The molecule has 164 valence electrons. The predicted octanol–water partition coefficient (Wildman–Crippen LogP) is 2.28. The van der Waals surface area contributed by atoms with Crippen LogP contribution in [-0.2, 0) is 30.5 Å². The van der Waals surface area contributed by atoms with Crippen molar-refractivity contribution in [2.75, 3.05) is 0 Å². The second kappa shape index (κ2) is 8.25. The van der Waals surface area contributed by atoms with Gasteiger partial charge in [0.05, 0.1) is 6.04 Å². The Hall–Kier alpha value is -2.62. The second-order valence-corrected chi connectivity index (χ2v) is 7.66.